The van der Waals surface area contributed by atoms with Gasteiger partial charge in [0.15, 0.2) is 4.96 Å². The van der Waals surface area contributed by atoms with E-state index in [1.165, 1.54) is 23.5 Å². The number of amides is 1. The third-order valence-corrected chi connectivity index (χ3v) is 5.65. The van der Waals surface area contributed by atoms with E-state index < -0.39 is 10.8 Å². The second-order valence-corrected chi connectivity index (χ2v) is 7.23. The Kier molecular flexibility index (Phi) is 4.73. The molecule has 0 aliphatic carbocycles. The van der Waals surface area contributed by atoms with Gasteiger partial charge in [-0.05, 0) is 37.3 Å². The maximum atomic E-state index is 12.7. The topological polar surface area (TPSA) is 98.8 Å². The first-order valence-electron chi connectivity index (χ1n) is 8.65. The lowest BCUT2D eigenvalue weighted by Gasteiger charge is -2.05. The van der Waals surface area contributed by atoms with Crippen LogP contribution in [0.5, 0.6) is 5.75 Å². The molecule has 0 aliphatic rings. The van der Waals surface area contributed by atoms with Crippen molar-refractivity contribution in [2.24, 2.45) is 0 Å². The Morgan fingerprint density at radius 2 is 1.93 bits per heavy atom. The number of carbonyl (C=O) groups excluding carboxylic acids is 1. The van der Waals surface area contributed by atoms with Gasteiger partial charge in [-0.3, -0.25) is 19.3 Å². The minimum atomic E-state index is -0.523. The monoisotopic (exact) mass is 408 g/mol. The highest BCUT2D eigenvalue weighted by atomic mass is 32.1. The Morgan fingerprint density at radius 1 is 1.21 bits per heavy atom. The van der Waals surface area contributed by atoms with Crippen LogP contribution in [0.2, 0.25) is 0 Å². The number of hydrogen-bond acceptors (Lipinski definition) is 6. The molecule has 1 amide bonds. The highest BCUT2D eigenvalue weighted by Gasteiger charge is 2.21. The van der Waals surface area contributed by atoms with Crippen molar-refractivity contribution in [3.05, 3.63) is 75.4 Å². The number of nitro benzene ring substituents is 1. The number of fused-ring (bicyclic) bond motifs is 1. The highest BCUT2D eigenvalue weighted by molar-refractivity contribution is 7.19. The Hall–Kier alpha value is -3.72. The summed E-state index contributed by atoms with van der Waals surface area (Å²) in [6.07, 6.45) is 1.87. The van der Waals surface area contributed by atoms with Crippen molar-refractivity contribution in [1.82, 2.24) is 9.38 Å². The molecule has 8 nitrogen and oxygen atoms in total. The molecule has 0 bridgehead atoms. The smallest absolute Gasteiger partial charge is 0.292 e. The zero-order valence-corrected chi connectivity index (χ0v) is 16.4. The van der Waals surface area contributed by atoms with Crippen molar-refractivity contribution >= 4 is 33.6 Å². The van der Waals surface area contributed by atoms with Crippen LogP contribution >= 0.6 is 11.3 Å². The summed E-state index contributed by atoms with van der Waals surface area (Å²) in [4.78, 5) is 29.1. The van der Waals surface area contributed by atoms with Gasteiger partial charge in [0.2, 0.25) is 0 Å². The Morgan fingerprint density at radius 3 is 2.59 bits per heavy atom. The van der Waals surface area contributed by atoms with Crippen LogP contribution in [0.15, 0.2) is 54.7 Å². The largest absolute Gasteiger partial charge is 0.497 e. The van der Waals surface area contributed by atoms with Gasteiger partial charge >= 0.3 is 0 Å². The molecule has 0 saturated heterocycles. The summed E-state index contributed by atoms with van der Waals surface area (Å²) in [5.41, 5.74) is 2.45. The lowest BCUT2D eigenvalue weighted by molar-refractivity contribution is -0.383. The summed E-state index contributed by atoms with van der Waals surface area (Å²) in [5, 5.41) is 13.8. The molecule has 9 heteroatoms. The summed E-state index contributed by atoms with van der Waals surface area (Å²) in [5.74, 6) is 0.359. The van der Waals surface area contributed by atoms with Crippen molar-refractivity contribution in [1.29, 1.82) is 0 Å². The summed E-state index contributed by atoms with van der Waals surface area (Å²) in [7, 11) is 1.61. The van der Waals surface area contributed by atoms with Crippen LogP contribution in [0.1, 0.15) is 15.4 Å². The molecule has 0 aliphatic heterocycles. The third kappa shape index (κ3) is 3.43. The molecule has 2 heterocycles. The Balaban J connectivity index is 1.64. The van der Waals surface area contributed by atoms with Crippen molar-refractivity contribution in [3.63, 3.8) is 0 Å². The number of aromatic nitrogens is 2. The van der Waals surface area contributed by atoms with Gasteiger partial charge in [0, 0.05) is 23.5 Å². The zero-order valence-electron chi connectivity index (χ0n) is 15.6. The van der Waals surface area contributed by atoms with E-state index in [0.717, 1.165) is 17.0 Å². The third-order valence-electron chi connectivity index (χ3n) is 4.50. The molecule has 4 rings (SSSR count). The van der Waals surface area contributed by atoms with Gasteiger partial charge in [-0.15, -0.1) is 0 Å². The second-order valence-electron chi connectivity index (χ2n) is 6.25. The van der Waals surface area contributed by atoms with Crippen LogP contribution < -0.4 is 10.1 Å². The number of thiazole rings is 1. The standard InChI is InChI=1S/C20H16N4O4S/c1-12-18(19(25)21-15-5-3-4-6-17(15)24(26)27)29-20-22-16(11-23(12)20)13-7-9-14(28-2)10-8-13/h3-11H,1-2H3,(H,21,25). The summed E-state index contributed by atoms with van der Waals surface area (Å²) in [6, 6.07) is 13.6. The van der Waals surface area contributed by atoms with E-state index in [9.17, 15) is 14.9 Å². The number of nitro groups is 1. The first kappa shape index (κ1) is 18.6. The molecule has 0 unspecified atom stereocenters. The fourth-order valence-corrected chi connectivity index (χ4v) is 3.98. The van der Waals surface area contributed by atoms with Crippen molar-refractivity contribution < 1.29 is 14.5 Å². The van der Waals surface area contributed by atoms with E-state index in [0.29, 0.717) is 15.5 Å². The zero-order chi connectivity index (χ0) is 20.5. The van der Waals surface area contributed by atoms with Gasteiger partial charge in [0.1, 0.15) is 16.3 Å². The molecular formula is C20H16N4O4S. The first-order valence-corrected chi connectivity index (χ1v) is 9.47. The number of ether oxygens (including phenoxy) is 1. The quantitative estimate of drug-likeness (QED) is 0.386. The van der Waals surface area contributed by atoms with Crippen molar-refractivity contribution in [3.8, 4) is 17.0 Å². The molecule has 0 atom stereocenters. The minimum absolute atomic E-state index is 0.151. The fraction of sp³-hybridized carbons (Fsp3) is 0.100. The number of imidazole rings is 1. The molecule has 4 aromatic rings. The Labute approximate surface area is 169 Å². The molecule has 146 valence electrons. The Bertz CT molecular complexity index is 1230. The average molecular weight is 408 g/mol. The number of benzene rings is 2. The summed E-state index contributed by atoms with van der Waals surface area (Å²) >= 11 is 1.23. The van der Waals surface area contributed by atoms with E-state index in [1.54, 1.807) is 19.2 Å². The van der Waals surface area contributed by atoms with Crippen LogP contribution in [0.4, 0.5) is 11.4 Å². The summed E-state index contributed by atoms with van der Waals surface area (Å²) in [6.45, 7) is 1.82. The van der Waals surface area contributed by atoms with Gasteiger partial charge in [-0.25, -0.2) is 4.98 Å². The number of aryl methyl sites for hydroxylation is 1. The first-order chi connectivity index (χ1) is 14.0. The van der Waals surface area contributed by atoms with Gasteiger partial charge in [0.25, 0.3) is 11.6 Å². The maximum Gasteiger partial charge on any atom is 0.292 e. The number of para-hydroxylation sites is 2. The lowest BCUT2D eigenvalue weighted by Crippen LogP contribution is -2.13. The molecular weight excluding hydrogens is 392 g/mol. The number of anilines is 1. The van der Waals surface area contributed by atoms with E-state index in [4.69, 9.17) is 4.74 Å². The molecule has 0 radical (unpaired) electrons. The maximum absolute atomic E-state index is 12.7. The van der Waals surface area contributed by atoms with Crippen LogP contribution in [0, 0.1) is 17.0 Å². The van der Waals surface area contributed by atoms with Crippen LogP contribution in [-0.4, -0.2) is 27.3 Å². The molecule has 0 saturated carbocycles. The van der Waals surface area contributed by atoms with Crippen molar-refractivity contribution in [2.45, 2.75) is 6.92 Å². The number of nitrogens with zero attached hydrogens (tertiary/aromatic N) is 3. The number of methoxy groups -OCH3 is 1. The summed E-state index contributed by atoms with van der Waals surface area (Å²) < 4.78 is 7.02. The second kappa shape index (κ2) is 7.36. The molecule has 1 N–H and O–H groups in total. The van der Waals surface area contributed by atoms with Crippen LogP contribution in [-0.2, 0) is 0 Å². The van der Waals surface area contributed by atoms with E-state index >= 15 is 0 Å². The van der Waals surface area contributed by atoms with E-state index in [-0.39, 0.29) is 11.4 Å². The highest BCUT2D eigenvalue weighted by Crippen LogP contribution is 2.30. The van der Waals surface area contributed by atoms with Crippen LogP contribution in [0.25, 0.3) is 16.2 Å². The molecule has 29 heavy (non-hydrogen) atoms. The number of hydrogen-bond donors (Lipinski definition) is 1. The SMILES string of the molecule is COc1ccc(-c2cn3c(C)c(C(=O)Nc4ccccc4[N+](=O)[O-])sc3n2)cc1. The van der Waals surface area contributed by atoms with Gasteiger partial charge in [0.05, 0.1) is 17.7 Å². The van der Waals surface area contributed by atoms with Crippen LogP contribution in [0.3, 0.4) is 0 Å². The lowest BCUT2D eigenvalue weighted by atomic mass is 10.2. The predicted octanol–water partition coefficient (Wildman–Crippen LogP) is 4.54. The molecule has 2 aromatic heterocycles. The number of rotatable bonds is 5. The van der Waals surface area contributed by atoms with Gasteiger partial charge < -0.3 is 10.1 Å². The number of carbonyl (C=O) groups is 1. The number of nitrogens with one attached hydrogen (secondary N) is 1. The normalized spacial score (nSPS) is 10.8. The predicted molar refractivity (Wildman–Crippen MR) is 111 cm³/mol. The van der Waals surface area contributed by atoms with E-state index in [1.807, 2.05) is 41.8 Å². The molecule has 0 fully saturated rings. The average Bonchev–Trinajstić information content (AvgIpc) is 3.28. The molecule has 2 aromatic carbocycles. The fourth-order valence-electron chi connectivity index (χ4n) is 2.98. The minimum Gasteiger partial charge on any atom is -0.497 e. The van der Waals surface area contributed by atoms with Crippen molar-refractivity contribution in [2.75, 3.05) is 12.4 Å². The van der Waals surface area contributed by atoms with E-state index in [2.05, 4.69) is 10.3 Å². The van der Waals surface area contributed by atoms with Gasteiger partial charge in [-0.1, -0.05) is 23.5 Å². The molecule has 0 spiro atoms. The van der Waals surface area contributed by atoms with Gasteiger partial charge in [-0.2, -0.15) is 0 Å².